The number of rotatable bonds is 5. The lowest BCUT2D eigenvalue weighted by atomic mass is 9.94. The summed E-state index contributed by atoms with van der Waals surface area (Å²) < 4.78 is 0. The minimum absolute atomic E-state index is 0.0625. The van der Waals surface area contributed by atoms with Crippen molar-refractivity contribution in [1.29, 1.82) is 0 Å². The van der Waals surface area contributed by atoms with Crippen LogP contribution in [0.25, 0.3) is 9.88 Å². The Morgan fingerprint density at radius 2 is 2.15 bits per heavy atom. The summed E-state index contributed by atoms with van der Waals surface area (Å²) >= 11 is 2.96. The molecule has 5 nitrogen and oxygen atoms in total. The van der Waals surface area contributed by atoms with Gasteiger partial charge in [0, 0.05) is 11.9 Å². The smallest absolute Gasteiger partial charge is 0.310 e. The lowest BCUT2D eigenvalue weighted by Crippen LogP contribution is -2.39. The van der Waals surface area contributed by atoms with E-state index in [9.17, 15) is 9.59 Å². The van der Waals surface area contributed by atoms with Crippen LogP contribution in [0.3, 0.4) is 0 Å². The van der Waals surface area contributed by atoms with E-state index in [1.807, 2.05) is 17.5 Å². The van der Waals surface area contributed by atoms with E-state index in [0.29, 0.717) is 5.69 Å². The van der Waals surface area contributed by atoms with Gasteiger partial charge in [0.2, 0.25) is 0 Å². The van der Waals surface area contributed by atoms with Crippen LogP contribution in [-0.2, 0) is 4.79 Å². The monoisotopic (exact) mass is 310 g/mol. The molecule has 2 heterocycles. The fourth-order valence-corrected chi connectivity index (χ4v) is 2.97. The van der Waals surface area contributed by atoms with Gasteiger partial charge in [-0.05, 0) is 25.3 Å². The summed E-state index contributed by atoms with van der Waals surface area (Å²) in [6, 6.07) is 3.87. The summed E-state index contributed by atoms with van der Waals surface area (Å²) in [6.45, 7) is 3.19. The quantitative estimate of drug-likeness (QED) is 0.890. The average Bonchev–Trinajstić information content (AvgIpc) is 3.05. The van der Waals surface area contributed by atoms with Gasteiger partial charge in [-0.1, -0.05) is 6.07 Å². The first-order valence-electron chi connectivity index (χ1n) is 5.91. The van der Waals surface area contributed by atoms with Crippen LogP contribution >= 0.6 is 22.7 Å². The molecule has 1 amide bonds. The van der Waals surface area contributed by atoms with Crippen LogP contribution in [0.15, 0.2) is 22.9 Å². The molecule has 0 atom stereocenters. The predicted octanol–water partition coefficient (Wildman–Crippen LogP) is 2.71. The van der Waals surface area contributed by atoms with Crippen LogP contribution in [0.4, 0.5) is 0 Å². The van der Waals surface area contributed by atoms with Crippen molar-refractivity contribution in [2.45, 2.75) is 13.8 Å². The Morgan fingerprint density at radius 1 is 1.40 bits per heavy atom. The van der Waals surface area contributed by atoms with E-state index in [4.69, 9.17) is 5.11 Å². The SMILES string of the molecule is CC(C)(CNC(=O)c1csc(-c2cccs2)n1)C(=O)O. The molecule has 0 fully saturated rings. The Balaban J connectivity index is 2.02. The zero-order valence-electron chi connectivity index (χ0n) is 11.0. The highest BCUT2D eigenvalue weighted by molar-refractivity contribution is 7.20. The van der Waals surface area contributed by atoms with Gasteiger partial charge >= 0.3 is 5.97 Å². The van der Waals surface area contributed by atoms with Gasteiger partial charge in [0.25, 0.3) is 5.91 Å². The lowest BCUT2D eigenvalue weighted by Gasteiger charge is -2.18. The molecule has 2 N–H and O–H groups in total. The van der Waals surface area contributed by atoms with Gasteiger partial charge in [-0.2, -0.15) is 0 Å². The van der Waals surface area contributed by atoms with E-state index in [-0.39, 0.29) is 12.5 Å². The molecule has 0 aliphatic heterocycles. The minimum atomic E-state index is -0.998. The van der Waals surface area contributed by atoms with Crippen molar-refractivity contribution in [3.8, 4) is 9.88 Å². The van der Waals surface area contributed by atoms with E-state index in [0.717, 1.165) is 9.88 Å². The van der Waals surface area contributed by atoms with Crippen molar-refractivity contribution >= 4 is 34.6 Å². The summed E-state index contributed by atoms with van der Waals surface area (Å²) in [6.07, 6.45) is 0. The molecule has 20 heavy (non-hydrogen) atoms. The maximum atomic E-state index is 11.9. The number of carbonyl (C=O) groups excluding carboxylic acids is 1. The van der Waals surface area contributed by atoms with Crippen molar-refractivity contribution in [2.24, 2.45) is 5.41 Å². The second kappa shape index (κ2) is 5.72. The fourth-order valence-electron chi connectivity index (χ4n) is 1.36. The van der Waals surface area contributed by atoms with Crippen LogP contribution in [0.1, 0.15) is 24.3 Å². The number of hydrogen-bond acceptors (Lipinski definition) is 5. The number of aromatic nitrogens is 1. The van der Waals surface area contributed by atoms with Crippen molar-refractivity contribution in [1.82, 2.24) is 10.3 Å². The Bertz CT molecular complexity index is 617. The lowest BCUT2D eigenvalue weighted by molar-refractivity contribution is -0.146. The highest BCUT2D eigenvalue weighted by atomic mass is 32.1. The van der Waals surface area contributed by atoms with Crippen molar-refractivity contribution in [3.05, 3.63) is 28.6 Å². The van der Waals surface area contributed by atoms with Gasteiger partial charge in [-0.15, -0.1) is 22.7 Å². The number of hydrogen-bond donors (Lipinski definition) is 2. The molecule has 0 aromatic carbocycles. The number of carboxylic acids is 1. The van der Waals surface area contributed by atoms with Crippen molar-refractivity contribution in [2.75, 3.05) is 6.54 Å². The molecule has 0 aliphatic carbocycles. The first kappa shape index (κ1) is 14.7. The highest BCUT2D eigenvalue weighted by Gasteiger charge is 2.28. The second-order valence-corrected chi connectivity index (χ2v) is 6.69. The third-order valence-electron chi connectivity index (χ3n) is 2.74. The topological polar surface area (TPSA) is 79.3 Å². The van der Waals surface area contributed by atoms with E-state index in [2.05, 4.69) is 10.3 Å². The van der Waals surface area contributed by atoms with Gasteiger partial charge < -0.3 is 10.4 Å². The number of nitrogens with zero attached hydrogens (tertiary/aromatic N) is 1. The maximum absolute atomic E-state index is 11.9. The van der Waals surface area contributed by atoms with Crippen LogP contribution in [0.5, 0.6) is 0 Å². The van der Waals surface area contributed by atoms with Gasteiger partial charge in [0.05, 0.1) is 10.3 Å². The predicted molar refractivity (Wildman–Crippen MR) is 79.2 cm³/mol. The molecule has 106 valence electrons. The van der Waals surface area contributed by atoms with E-state index in [1.165, 1.54) is 11.3 Å². The molecule has 2 aromatic heterocycles. The zero-order chi connectivity index (χ0) is 14.8. The third-order valence-corrected chi connectivity index (χ3v) is 4.62. The molecular weight excluding hydrogens is 296 g/mol. The molecule has 0 saturated carbocycles. The number of aliphatic carboxylic acids is 1. The standard InChI is InChI=1S/C13H14N2O3S2/c1-13(2,12(17)18)7-14-10(16)8-6-20-11(15-8)9-4-3-5-19-9/h3-6H,7H2,1-2H3,(H,14,16)(H,17,18). The molecule has 0 spiro atoms. The summed E-state index contributed by atoms with van der Waals surface area (Å²) in [5.41, 5.74) is -0.679. The fraction of sp³-hybridized carbons (Fsp3) is 0.308. The van der Waals surface area contributed by atoms with Crippen LogP contribution < -0.4 is 5.32 Å². The summed E-state index contributed by atoms with van der Waals surface area (Å²) in [5, 5.41) is 16.0. The molecule has 0 bridgehead atoms. The molecule has 0 unspecified atom stereocenters. The van der Waals surface area contributed by atoms with Gasteiger partial charge in [0.15, 0.2) is 0 Å². The first-order chi connectivity index (χ1) is 9.40. The molecule has 0 saturated heterocycles. The number of amides is 1. The highest BCUT2D eigenvalue weighted by Crippen LogP contribution is 2.27. The summed E-state index contributed by atoms with van der Waals surface area (Å²) in [7, 11) is 0. The van der Waals surface area contributed by atoms with Gasteiger partial charge in [-0.25, -0.2) is 4.98 Å². The number of nitrogens with one attached hydrogen (secondary N) is 1. The molecule has 2 aromatic rings. The van der Waals surface area contributed by atoms with Crippen molar-refractivity contribution in [3.63, 3.8) is 0 Å². The minimum Gasteiger partial charge on any atom is -0.481 e. The molecule has 0 radical (unpaired) electrons. The zero-order valence-corrected chi connectivity index (χ0v) is 12.7. The Kier molecular flexibility index (Phi) is 4.20. The number of thiazole rings is 1. The summed E-state index contributed by atoms with van der Waals surface area (Å²) in [5.74, 6) is -1.30. The number of thiophene rings is 1. The molecule has 0 aliphatic rings. The molecular formula is C13H14N2O3S2. The van der Waals surface area contributed by atoms with Crippen molar-refractivity contribution < 1.29 is 14.7 Å². The number of carboxylic acid groups (broad SMARTS) is 1. The largest absolute Gasteiger partial charge is 0.481 e. The third kappa shape index (κ3) is 3.23. The summed E-state index contributed by atoms with van der Waals surface area (Å²) in [4.78, 5) is 28.2. The van der Waals surface area contributed by atoms with E-state index in [1.54, 1.807) is 30.6 Å². The molecule has 2 rings (SSSR count). The normalized spacial score (nSPS) is 11.3. The average molecular weight is 310 g/mol. The van der Waals surface area contributed by atoms with E-state index >= 15 is 0 Å². The van der Waals surface area contributed by atoms with Crippen LogP contribution in [-0.4, -0.2) is 28.5 Å². The maximum Gasteiger partial charge on any atom is 0.310 e. The Morgan fingerprint density at radius 3 is 2.75 bits per heavy atom. The van der Waals surface area contributed by atoms with Gasteiger partial charge in [-0.3, -0.25) is 9.59 Å². The first-order valence-corrected chi connectivity index (χ1v) is 7.67. The van der Waals surface area contributed by atoms with E-state index < -0.39 is 11.4 Å². The Labute approximate surface area is 124 Å². The van der Waals surface area contributed by atoms with Crippen LogP contribution in [0, 0.1) is 5.41 Å². The molecule has 7 heteroatoms. The second-order valence-electron chi connectivity index (χ2n) is 4.89. The Hall–Kier alpha value is -1.73. The number of carbonyl (C=O) groups is 2. The van der Waals surface area contributed by atoms with Crippen LogP contribution in [0.2, 0.25) is 0 Å². The van der Waals surface area contributed by atoms with Gasteiger partial charge in [0.1, 0.15) is 10.7 Å².